The van der Waals surface area contributed by atoms with Crippen molar-refractivity contribution >= 4 is 5.96 Å². The molecule has 1 aliphatic rings. The summed E-state index contributed by atoms with van der Waals surface area (Å²) in [6.45, 7) is 11.6. The van der Waals surface area contributed by atoms with Crippen molar-refractivity contribution in [3.05, 3.63) is 30.3 Å². The maximum atomic E-state index is 5.88. The normalized spacial score (nSPS) is 17.8. The molecule has 6 nitrogen and oxygen atoms in total. The van der Waals surface area contributed by atoms with E-state index in [1.165, 1.54) is 0 Å². The van der Waals surface area contributed by atoms with Gasteiger partial charge in [-0.3, -0.25) is 9.89 Å². The number of nitrogens with zero attached hydrogens (tertiary/aromatic N) is 2. The Hall–Kier alpha value is -1.79. The van der Waals surface area contributed by atoms with Gasteiger partial charge in [-0.15, -0.1) is 0 Å². The van der Waals surface area contributed by atoms with Crippen LogP contribution in [0.4, 0.5) is 0 Å². The standard InChI is InChI=1S/C19H32N4O2/c1-16(25-17-8-6-5-7-9-17)14-21-18(20-4)22-15-19(2,3)23-10-12-24-13-11-23/h5-9,16H,10-15H2,1-4H3,(H2,20,21,22). The number of morpholine rings is 1. The van der Waals surface area contributed by atoms with E-state index in [1.54, 1.807) is 7.05 Å². The summed E-state index contributed by atoms with van der Waals surface area (Å²) >= 11 is 0. The molecular formula is C19H32N4O2. The van der Waals surface area contributed by atoms with E-state index in [9.17, 15) is 0 Å². The average Bonchev–Trinajstić information content (AvgIpc) is 2.63. The number of benzene rings is 1. The molecule has 1 aliphatic heterocycles. The third kappa shape index (κ3) is 6.55. The molecule has 1 unspecified atom stereocenters. The monoisotopic (exact) mass is 348 g/mol. The van der Waals surface area contributed by atoms with Crippen LogP contribution in [-0.4, -0.2) is 68.9 Å². The number of guanidine groups is 1. The minimum atomic E-state index is 0.0492. The summed E-state index contributed by atoms with van der Waals surface area (Å²) in [6.07, 6.45) is 0.0493. The Balaban J connectivity index is 1.74. The molecule has 0 bridgehead atoms. The van der Waals surface area contributed by atoms with E-state index in [0.717, 1.165) is 44.6 Å². The maximum Gasteiger partial charge on any atom is 0.191 e. The lowest BCUT2D eigenvalue weighted by molar-refractivity contribution is -0.00834. The number of nitrogens with one attached hydrogen (secondary N) is 2. The Kier molecular flexibility index (Phi) is 7.52. The highest BCUT2D eigenvalue weighted by molar-refractivity contribution is 5.79. The topological polar surface area (TPSA) is 58.1 Å². The summed E-state index contributed by atoms with van der Waals surface area (Å²) in [4.78, 5) is 6.77. The molecule has 1 fully saturated rings. The molecule has 6 heteroatoms. The van der Waals surface area contributed by atoms with E-state index in [-0.39, 0.29) is 11.6 Å². The Morgan fingerprint density at radius 3 is 2.56 bits per heavy atom. The highest BCUT2D eigenvalue weighted by Crippen LogP contribution is 2.15. The van der Waals surface area contributed by atoms with Crippen LogP contribution in [0.1, 0.15) is 20.8 Å². The number of ether oxygens (including phenoxy) is 2. The molecule has 140 valence electrons. The summed E-state index contributed by atoms with van der Waals surface area (Å²) < 4.78 is 11.3. The summed E-state index contributed by atoms with van der Waals surface area (Å²) in [5, 5.41) is 6.76. The first-order valence-corrected chi connectivity index (χ1v) is 9.00. The van der Waals surface area contributed by atoms with Crippen molar-refractivity contribution in [3.8, 4) is 5.75 Å². The fourth-order valence-electron chi connectivity index (χ4n) is 2.81. The SMILES string of the molecule is CN=C(NCC(C)Oc1ccccc1)NCC(C)(C)N1CCOCC1. The highest BCUT2D eigenvalue weighted by atomic mass is 16.5. The van der Waals surface area contributed by atoms with Gasteiger partial charge in [-0.05, 0) is 32.9 Å². The van der Waals surface area contributed by atoms with Crippen LogP contribution < -0.4 is 15.4 Å². The van der Waals surface area contributed by atoms with Crippen molar-refractivity contribution in [2.75, 3.05) is 46.4 Å². The van der Waals surface area contributed by atoms with Crippen molar-refractivity contribution in [1.82, 2.24) is 15.5 Å². The van der Waals surface area contributed by atoms with Gasteiger partial charge in [0.15, 0.2) is 5.96 Å². The van der Waals surface area contributed by atoms with Gasteiger partial charge < -0.3 is 20.1 Å². The van der Waals surface area contributed by atoms with Crippen LogP contribution in [0.5, 0.6) is 5.75 Å². The van der Waals surface area contributed by atoms with Gasteiger partial charge in [-0.25, -0.2) is 0 Å². The van der Waals surface area contributed by atoms with E-state index in [0.29, 0.717) is 6.54 Å². The first-order valence-electron chi connectivity index (χ1n) is 9.00. The van der Waals surface area contributed by atoms with Crippen LogP contribution in [-0.2, 0) is 4.74 Å². The van der Waals surface area contributed by atoms with E-state index in [2.05, 4.69) is 34.4 Å². The van der Waals surface area contributed by atoms with Crippen molar-refractivity contribution in [2.45, 2.75) is 32.4 Å². The molecular weight excluding hydrogens is 316 g/mol. The summed E-state index contributed by atoms with van der Waals surface area (Å²) in [6, 6.07) is 9.87. The molecule has 2 rings (SSSR count). The third-order valence-corrected chi connectivity index (χ3v) is 4.42. The number of para-hydroxylation sites is 1. The lowest BCUT2D eigenvalue weighted by atomic mass is 10.0. The zero-order chi connectivity index (χ0) is 18.1. The third-order valence-electron chi connectivity index (χ3n) is 4.42. The van der Waals surface area contributed by atoms with Crippen LogP contribution in [0.3, 0.4) is 0 Å². The Morgan fingerprint density at radius 1 is 1.24 bits per heavy atom. The van der Waals surface area contributed by atoms with Crippen LogP contribution >= 0.6 is 0 Å². The van der Waals surface area contributed by atoms with Gasteiger partial charge in [0, 0.05) is 32.2 Å². The van der Waals surface area contributed by atoms with Crippen LogP contribution in [0.2, 0.25) is 0 Å². The molecule has 0 aromatic heterocycles. The van der Waals surface area contributed by atoms with Gasteiger partial charge >= 0.3 is 0 Å². The fraction of sp³-hybridized carbons (Fsp3) is 0.632. The van der Waals surface area contributed by atoms with Gasteiger partial charge in [0.1, 0.15) is 11.9 Å². The lowest BCUT2D eigenvalue weighted by Gasteiger charge is -2.41. The molecule has 0 aliphatic carbocycles. The van der Waals surface area contributed by atoms with Gasteiger partial charge in [0.2, 0.25) is 0 Å². The Labute approximate surface area is 151 Å². The largest absolute Gasteiger partial charge is 0.489 e. The van der Waals surface area contributed by atoms with Crippen molar-refractivity contribution < 1.29 is 9.47 Å². The number of aliphatic imine (C=N–C) groups is 1. The predicted octanol–water partition coefficient (Wildman–Crippen LogP) is 1.73. The van der Waals surface area contributed by atoms with E-state index in [4.69, 9.17) is 9.47 Å². The smallest absolute Gasteiger partial charge is 0.191 e. The van der Waals surface area contributed by atoms with E-state index >= 15 is 0 Å². The second-order valence-corrected chi connectivity index (χ2v) is 6.96. The molecule has 0 amide bonds. The second kappa shape index (κ2) is 9.63. The molecule has 2 N–H and O–H groups in total. The minimum absolute atomic E-state index is 0.0492. The zero-order valence-electron chi connectivity index (χ0n) is 15.9. The van der Waals surface area contributed by atoms with Gasteiger partial charge in [-0.2, -0.15) is 0 Å². The first kappa shape index (κ1) is 19.5. The van der Waals surface area contributed by atoms with Crippen molar-refractivity contribution in [2.24, 2.45) is 4.99 Å². The molecule has 1 aromatic carbocycles. The average molecular weight is 348 g/mol. The van der Waals surface area contributed by atoms with Crippen LogP contribution in [0.15, 0.2) is 35.3 Å². The molecule has 1 atom stereocenters. The summed E-state index contributed by atoms with van der Waals surface area (Å²) in [7, 11) is 1.79. The second-order valence-electron chi connectivity index (χ2n) is 6.96. The fourth-order valence-corrected chi connectivity index (χ4v) is 2.81. The number of rotatable bonds is 7. The van der Waals surface area contributed by atoms with Gasteiger partial charge in [0.05, 0.1) is 19.8 Å². The Bertz CT molecular complexity index is 527. The maximum absolute atomic E-state index is 5.88. The van der Waals surface area contributed by atoms with E-state index < -0.39 is 0 Å². The van der Waals surface area contributed by atoms with Crippen LogP contribution in [0.25, 0.3) is 0 Å². The van der Waals surface area contributed by atoms with Crippen molar-refractivity contribution in [1.29, 1.82) is 0 Å². The van der Waals surface area contributed by atoms with E-state index in [1.807, 2.05) is 37.3 Å². The molecule has 1 saturated heterocycles. The quantitative estimate of drug-likeness (QED) is 0.581. The zero-order valence-corrected chi connectivity index (χ0v) is 15.9. The van der Waals surface area contributed by atoms with Crippen LogP contribution in [0, 0.1) is 0 Å². The number of hydrogen-bond donors (Lipinski definition) is 2. The molecule has 1 heterocycles. The van der Waals surface area contributed by atoms with Crippen molar-refractivity contribution in [3.63, 3.8) is 0 Å². The first-order chi connectivity index (χ1) is 12.0. The summed E-state index contributed by atoms with van der Waals surface area (Å²) in [5.41, 5.74) is 0.0492. The Morgan fingerprint density at radius 2 is 1.92 bits per heavy atom. The molecule has 0 radical (unpaired) electrons. The molecule has 0 saturated carbocycles. The van der Waals surface area contributed by atoms with Gasteiger partial charge in [0.25, 0.3) is 0 Å². The predicted molar refractivity (Wildman–Crippen MR) is 102 cm³/mol. The lowest BCUT2D eigenvalue weighted by Crippen LogP contribution is -2.56. The molecule has 1 aromatic rings. The van der Waals surface area contributed by atoms with Gasteiger partial charge in [-0.1, -0.05) is 18.2 Å². The molecule has 0 spiro atoms. The minimum Gasteiger partial charge on any atom is -0.489 e. The summed E-state index contributed by atoms with van der Waals surface area (Å²) in [5.74, 6) is 1.68. The molecule has 25 heavy (non-hydrogen) atoms. The number of hydrogen-bond acceptors (Lipinski definition) is 4. The highest BCUT2D eigenvalue weighted by Gasteiger charge is 2.28.